The highest BCUT2D eigenvalue weighted by Crippen LogP contribution is 2.32. The van der Waals surface area contributed by atoms with Crippen LogP contribution in [0, 0.1) is 0 Å². The maximum atomic E-state index is 12.5. The molecule has 0 amide bonds. The van der Waals surface area contributed by atoms with Crippen molar-refractivity contribution >= 4 is 34.0 Å². The molecule has 1 aliphatic heterocycles. The van der Waals surface area contributed by atoms with E-state index >= 15 is 0 Å². The summed E-state index contributed by atoms with van der Waals surface area (Å²) in [4.78, 5) is -0.0607. The molecule has 5 nitrogen and oxygen atoms in total. The van der Waals surface area contributed by atoms with Gasteiger partial charge in [0.05, 0.1) is 9.92 Å². The average molecular weight is 377 g/mol. The van der Waals surface area contributed by atoms with Crippen molar-refractivity contribution in [1.29, 1.82) is 0 Å². The van der Waals surface area contributed by atoms with Crippen molar-refractivity contribution in [2.45, 2.75) is 30.4 Å². The van der Waals surface area contributed by atoms with Crippen molar-refractivity contribution in [2.24, 2.45) is 5.73 Å². The van der Waals surface area contributed by atoms with Crippen LogP contribution in [-0.2, 0) is 10.0 Å². The number of rotatable bonds is 5. The molecular formula is C12H16Cl2F2N2O3S. The second-order valence-corrected chi connectivity index (χ2v) is 6.92. The lowest BCUT2D eigenvalue weighted by atomic mass is 10.2. The fraction of sp³-hybridized carbons (Fsp3) is 0.500. The Balaban J connectivity index is 0.00000242. The number of benzene rings is 1. The van der Waals surface area contributed by atoms with Crippen LogP contribution in [0.3, 0.4) is 0 Å². The van der Waals surface area contributed by atoms with Gasteiger partial charge in [0.1, 0.15) is 5.75 Å². The normalized spacial score (nSPS) is 19.2. The molecule has 0 spiro atoms. The molecule has 2 rings (SSSR count). The van der Waals surface area contributed by atoms with Crippen molar-refractivity contribution in [3.8, 4) is 5.75 Å². The summed E-state index contributed by atoms with van der Waals surface area (Å²) in [6, 6.07) is 3.19. The van der Waals surface area contributed by atoms with Crippen LogP contribution in [0.5, 0.6) is 5.75 Å². The van der Waals surface area contributed by atoms with Gasteiger partial charge in [0.15, 0.2) is 0 Å². The highest BCUT2D eigenvalue weighted by molar-refractivity contribution is 7.89. The number of hydrogen-bond donors (Lipinski definition) is 1. The van der Waals surface area contributed by atoms with Gasteiger partial charge < -0.3 is 10.5 Å². The van der Waals surface area contributed by atoms with Gasteiger partial charge in [0, 0.05) is 19.1 Å². The zero-order valence-electron chi connectivity index (χ0n) is 11.4. The van der Waals surface area contributed by atoms with Crippen LogP contribution in [0.1, 0.15) is 12.8 Å². The minimum atomic E-state index is -3.74. The van der Waals surface area contributed by atoms with Gasteiger partial charge in [-0.15, -0.1) is 12.4 Å². The number of ether oxygens (including phenoxy) is 1. The van der Waals surface area contributed by atoms with Crippen molar-refractivity contribution in [3.05, 3.63) is 23.2 Å². The van der Waals surface area contributed by atoms with Crippen LogP contribution >= 0.6 is 24.0 Å². The number of halogens is 4. The lowest BCUT2D eigenvalue weighted by Crippen LogP contribution is -2.39. The molecule has 1 unspecified atom stereocenters. The monoisotopic (exact) mass is 376 g/mol. The fourth-order valence-electron chi connectivity index (χ4n) is 2.33. The molecule has 1 aliphatic rings. The molecule has 0 radical (unpaired) electrons. The first-order chi connectivity index (χ1) is 9.86. The maximum absolute atomic E-state index is 12.5. The van der Waals surface area contributed by atoms with Crippen molar-refractivity contribution in [3.63, 3.8) is 0 Å². The molecule has 10 heteroatoms. The van der Waals surface area contributed by atoms with E-state index in [1.54, 1.807) is 0 Å². The first kappa shape index (κ1) is 19.4. The third-order valence-electron chi connectivity index (χ3n) is 3.32. The predicted molar refractivity (Wildman–Crippen MR) is 81.3 cm³/mol. The lowest BCUT2D eigenvalue weighted by molar-refractivity contribution is -0.0498. The van der Waals surface area contributed by atoms with E-state index < -0.39 is 16.6 Å². The Hall–Kier alpha value is -0.670. The van der Waals surface area contributed by atoms with Gasteiger partial charge in [0.2, 0.25) is 10.0 Å². The van der Waals surface area contributed by atoms with Gasteiger partial charge in [-0.3, -0.25) is 0 Å². The molecule has 2 N–H and O–H groups in total. The zero-order valence-corrected chi connectivity index (χ0v) is 13.8. The quantitative estimate of drug-likeness (QED) is 0.856. The number of sulfonamides is 1. The SMILES string of the molecule is Cl.NCC1CCCN1S(=O)(=O)c1ccc(OC(F)F)c(Cl)c1. The van der Waals surface area contributed by atoms with Crippen molar-refractivity contribution in [1.82, 2.24) is 4.31 Å². The molecule has 0 bridgehead atoms. The van der Waals surface area contributed by atoms with E-state index in [0.717, 1.165) is 18.6 Å². The van der Waals surface area contributed by atoms with Crippen molar-refractivity contribution < 1.29 is 21.9 Å². The Bertz CT molecular complexity index is 616. The summed E-state index contributed by atoms with van der Waals surface area (Å²) in [6.07, 6.45) is 1.44. The Labute approximate surface area is 138 Å². The van der Waals surface area contributed by atoms with Gasteiger partial charge in [-0.1, -0.05) is 11.6 Å². The molecule has 0 aliphatic carbocycles. The third kappa shape index (κ3) is 3.99. The second kappa shape index (κ2) is 7.74. The van der Waals surface area contributed by atoms with E-state index in [-0.39, 0.29) is 40.7 Å². The molecule has 1 heterocycles. The maximum Gasteiger partial charge on any atom is 0.387 e. The van der Waals surface area contributed by atoms with Gasteiger partial charge >= 0.3 is 6.61 Å². The zero-order chi connectivity index (χ0) is 15.6. The molecule has 1 aromatic rings. The molecule has 126 valence electrons. The number of hydrogen-bond acceptors (Lipinski definition) is 4. The first-order valence-electron chi connectivity index (χ1n) is 6.32. The summed E-state index contributed by atoms with van der Waals surface area (Å²) in [6.45, 7) is -2.40. The van der Waals surface area contributed by atoms with E-state index in [1.165, 1.54) is 10.4 Å². The summed E-state index contributed by atoms with van der Waals surface area (Å²) >= 11 is 5.79. The van der Waals surface area contributed by atoms with Gasteiger partial charge in [0.25, 0.3) is 0 Å². The van der Waals surface area contributed by atoms with Gasteiger partial charge in [-0.05, 0) is 31.0 Å². The smallest absolute Gasteiger partial charge is 0.387 e. The molecular weight excluding hydrogens is 361 g/mol. The van der Waals surface area contributed by atoms with E-state index in [9.17, 15) is 17.2 Å². The van der Waals surface area contributed by atoms with Crippen LogP contribution in [0.2, 0.25) is 5.02 Å². The molecule has 1 aromatic carbocycles. The van der Waals surface area contributed by atoms with Crippen LogP contribution in [0.25, 0.3) is 0 Å². The summed E-state index contributed by atoms with van der Waals surface area (Å²) in [5.74, 6) is -0.262. The second-order valence-electron chi connectivity index (χ2n) is 4.62. The van der Waals surface area contributed by atoms with E-state index in [2.05, 4.69) is 4.74 Å². The molecule has 22 heavy (non-hydrogen) atoms. The summed E-state index contributed by atoms with van der Waals surface area (Å²) in [7, 11) is -3.74. The van der Waals surface area contributed by atoms with Gasteiger partial charge in [-0.2, -0.15) is 13.1 Å². The minimum Gasteiger partial charge on any atom is -0.433 e. The highest BCUT2D eigenvalue weighted by Gasteiger charge is 2.34. The van der Waals surface area contributed by atoms with Crippen molar-refractivity contribution in [2.75, 3.05) is 13.1 Å². The standard InChI is InChI=1S/C12H15ClF2N2O3S.ClH/c13-10-6-9(3-4-11(10)20-12(14)15)21(18,19)17-5-1-2-8(17)7-16;/h3-4,6,8,12H,1-2,5,7,16H2;1H. The topological polar surface area (TPSA) is 72.6 Å². The largest absolute Gasteiger partial charge is 0.433 e. The fourth-order valence-corrected chi connectivity index (χ4v) is 4.35. The average Bonchev–Trinajstić information content (AvgIpc) is 2.89. The summed E-state index contributed by atoms with van der Waals surface area (Å²) in [5, 5.41) is -0.181. The molecule has 1 saturated heterocycles. The van der Waals surface area contributed by atoms with Crippen LogP contribution < -0.4 is 10.5 Å². The summed E-state index contributed by atoms with van der Waals surface area (Å²) in [5.41, 5.74) is 5.57. The van der Waals surface area contributed by atoms with Crippen LogP contribution in [-0.4, -0.2) is 38.5 Å². The minimum absolute atomic E-state index is 0. The number of nitrogens with two attached hydrogens (primary N) is 1. The van der Waals surface area contributed by atoms with Crippen LogP contribution in [0.15, 0.2) is 23.1 Å². The Morgan fingerprint density at radius 2 is 2.14 bits per heavy atom. The van der Waals surface area contributed by atoms with Crippen LogP contribution in [0.4, 0.5) is 8.78 Å². The predicted octanol–water partition coefficient (Wildman–Crippen LogP) is 2.48. The van der Waals surface area contributed by atoms with E-state index in [1.807, 2.05) is 0 Å². The molecule has 0 saturated carbocycles. The van der Waals surface area contributed by atoms with E-state index in [4.69, 9.17) is 17.3 Å². The number of alkyl halides is 2. The van der Waals surface area contributed by atoms with E-state index in [0.29, 0.717) is 13.0 Å². The Morgan fingerprint density at radius 1 is 1.45 bits per heavy atom. The first-order valence-corrected chi connectivity index (χ1v) is 8.14. The third-order valence-corrected chi connectivity index (χ3v) is 5.56. The molecule has 0 aromatic heterocycles. The van der Waals surface area contributed by atoms with Gasteiger partial charge in [-0.25, -0.2) is 8.42 Å². The number of nitrogens with zero attached hydrogens (tertiary/aromatic N) is 1. The Kier molecular flexibility index (Phi) is 6.82. The molecule has 1 atom stereocenters. The highest BCUT2D eigenvalue weighted by atomic mass is 35.5. The Morgan fingerprint density at radius 3 is 2.68 bits per heavy atom. The summed E-state index contributed by atoms with van der Waals surface area (Å²) < 4.78 is 54.8. The molecule has 1 fully saturated rings. The lowest BCUT2D eigenvalue weighted by Gasteiger charge is -2.23.